The molecule has 0 bridgehead atoms. The Hall–Kier alpha value is -2.51. The van der Waals surface area contributed by atoms with Gasteiger partial charge in [-0.05, 0) is 29.8 Å². The van der Waals surface area contributed by atoms with Gasteiger partial charge >= 0.3 is 0 Å². The zero-order valence-corrected chi connectivity index (χ0v) is 16.6. The first-order valence-electron chi connectivity index (χ1n) is 8.22. The van der Waals surface area contributed by atoms with Crippen LogP contribution in [0.4, 0.5) is 0 Å². The van der Waals surface area contributed by atoms with E-state index in [2.05, 4.69) is 10.2 Å². The van der Waals surface area contributed by atoms with Crippen LogP contribution in [0.25, 0.3) is 5.69 Å². The largest absolute Gasteiger partial charge is 0.497 e. The maximum absolute atomic E-state index is 12.5. The Morgan fingerprint density at radius 1 is 1.26 bits per heavy atom. The number of rotatable bonds is 7. The van der Waals surface area contributed by atoms with E-state index >= 15 is 0 Å². The van der Waals surface area contributed by atoms with Crippen molar-refractivity contribution in [3.63, 3.8) is 0 Å². The number of thioether (sulfide) groups is 1. The molecule has 0 aliphatic carbocycles. The number of aromatic nitrogens is 3. The van der Waals surface area contributed by atoms with Crippen LogP contribution >= 0.6 is 23.4 Å². The lowest BCUT2D eigenvalue weighted by Gasteiger charge is -2.17. The molecule has 1 aromatic heterocycles. The van der Waals surface area contributed by atoms with Gasteiger partial charge in [-0.1, -0.05) is 41.6 Å². The Balaban J connectivity index is 1.63. The zero-order chi connectivity index (χ0) is 19.2. The van der Waals surface area contributed by atoms with Crippen LogP contribution in [0.3, 0.4) is 0 Å². The van der Waals surface area contributed by atoms with Crippen LogP contribution in [-0.4, -0.2) is 45.5 Å². The van der Waals surface area contributed by atoms with Crippen molar-refractivity contribution in [1.82, 2.24) is 19.7 Å². The smallest absolute Gasteiger partial charge is 0.233 e. The van der Waals surface area contributed by atoms with Gasteiger partial charge in [-0.3, -0.25) is 9.36 Å². The van der Waals surface area contributed by atoms with Crippen molar-refractivity contribution in [2.24, 2.45) is 0 Å². The average Bonchev–Trinajstić information content (AvgIpc) is 3.14. The van der Waals surface area contributed by atoms with Gasteiger partial charge in [-0.2, -0.15) is 0 Å². The first-order chi connectivity index (χ1) is 13.1. The lowest BCUT2D eigenvalue weighted by atomic mass is 10.2. The van der Waals surface area contributed by atoms with Gasteiger partial charge in [0.25, 0.3) is 0 Å². The first-order valence-corrected chi connectivity index (χ1v) is 9.59. The molecular formula is C19H19ClN4O2S. The Morgan fingerprint density at radius 3 is 2.85 bits per heavy atom. The van der Waals surface area contributed by atoms with Crippen LogP contribution < -0.4 is 4.74 Å². The van der Waals surface area contributed by atoms with Crippen molar-refractivity contribution in [3.8, 4) is 11.4 Å². The van der Waals surface area contributed by atoms with Gasteiger partial charge in [0.05, 0.1) is 18.6 Å². The van der Waals surface area contributed by atoms with Gasteiger partial charge in [0.2, 0.25) is 5.91 Å². The monoisotopic (exact) mass is 402 g/mol. The molecule has 0 saturated heterocycles. The van der Waals surface area contributed by atoms with Gasteiger partial charge in [0.1, 0.15) is 12.1 Å². The molecule has 1 amide bonds. The molecule has 140 valence electrons. The van der Waals surface area contributed by atoms with Crippen molar-refractivity contribution in [2.75, 3.05) is 19.9 Å². The van der Waals surface area contributed by atoms with E-state index in [1.54, 1.807) is 25.4 Å². The molecular weight excluding hydrogens is 384 g/mol. The molecule has 0 fully saturated rings. The van der Waals surface area contributed by atoms with E-state index < -0.39 is 0 Å². The molecule has 0 unspecified atom stereocenters. The van der Waals surface area contributed by atoms with Crippen molar-refractivity contribution in [1.29, 1.82) is 0 Å². The van der Waals surface area contributed by atoms with E-state index in [1.807, 2.05) is 53.1 Å². The summed E-state index contributed by atoms with van der Waals surface area (Å²) in [7, 11) is 3.39. The second-order valence-electron chi connectivity index (χ2n) is 5.85. The van der Waals surface area contributed by atoms with Crippen LogP contribution in [-0.2, 0) is 11.3 Å². The van der Waals surface area contributed by atoms with Gasteiger partial charge in [-0.15, -0.1) is 10.2 Å². The molecule has 0 N–H and O–H groups in total. The summed E-state index contributed by atoms with van der Waals surface area (Å²) in [5, 5.41) is 9.40. The van der Waals surface area contributed by atoms with Crippen LogP contribution in [0.15, 0.2) is 60.0 Å². The Labute approximate surface area is 167 Å². The number of benzene rings is 2. The Morgan fingerprint density at radius 2 is 2.07 bits per heavy atom. The van der Waals surface area contributed by atoms with Crippen molar-refractivity contribution in [3.05, 3.63) is 65.4 Å². The molecule has 0 spiro atoms. The number of amides is 1. The van der Waals surface area contributed by atoms with Crippen LogP contribution in [0.1, 0.15) is 5.56 Å². The second kappa shape index (κ2) is 8.92. The summed E-state index contributed by atoms with van der Waals surface area (Å²) in [5.74, 6) is 1.01. The first kappa shape index (κ1) is 19.3. The SMILES string of the molecule is COc1cccc(-n2cnnc2SCC(=O)N(C)Cc2cccc(Cl)c2)c1. The predicted molar refractivity (Wildman–Crippen MR) is 107 cm³/mol. The lowest BCUT2D eigenvalue weighted by Crippen LogP contribution is -2.27. The number of hydrogen-bond donors (Lipinski definition) is 0. The normalized spacial score (nSPS) is 10.6. The second-order valence-corrected chi connectivity index (χ2v) is 7.23. The highest BCUT2D eigenvalue weighted by Gasteiger charge is 2.14. The van der Waals surface area contributed by atoms with E-state index in [4.69, 9.17) is 16.3 Å². The number of ether oxygens (including phenoxy) is 1. The fourth-order valence-electron chi connectivity index (χ4n) is 2.49. The van der Waals surface area contributed by atoms with E-state index in [-0.39, 0.29) is 11.7 Å². The molecule has 3 rings (SSSR count). The molecule has 27 heavy (non-hydrogen) atoms. The summed E-state index contributed by atoms with van der Waals surface area (Å²) in [4.78, 5) is 14.1. The standard InChI is InChI=1S/C19H19ClN4O2S/c1-23(11-14-5-3-6-15(20)9-14)18(25)12-27-19-22-21-13-24(19)16-7-4-8-17(10-16)26-2/h3-10,13H,11-12H2,1-2H3. The van der Waals surface area contributed by atoms with Gasteiger partial charge in [-0.25, -0.2) is 0 Å². The predicted octanol–water partition coefficient (Wildman–Crippen LogP) is 3.68. The lowest BCUT2D eigenvalue weighted by molar-refractivity contribution is -0.127. The van der Waals surface area contributed by atoms with Crippen LogP contribution in [0, 0.1) is 0 Å². The number of hydrogen-bond acceptors (Lipinski definition) is 5. The number of carbonyl (C=O) groups is 1. The molecule has 0 radical (unpaired) electrons. The molecule has 0 saturated carbocycles. The molecule has 8 heteroatoms. The van der Waals surface area contributed by atoms with E-state index in [1.165, 1.54) is 11.8 Å². The number of carbonyl (C=O) groups excluding carboxylic acids is 1. The summed E-state index contributed by atoms with van der Waals surface area (Å²) in [6.07, 6.45) is 1.62. The zero-order valence-electron chi connectivity index (χ0n) is 15.0. The number of nitrogens with zero attached hydrogens (tertiary/aromatic N) is 4. The van der Waals surface area contributed by atoms with Gasteiger partial charge in [0, 0.05) is 24.7 Å². The highest BCUT2D eigenvalue weighted by atomic mass is 35.5. The molecule has 3 aromatic rings. The summed E-state index contributed by atoms with van der Waals surface area (Å²) >= 11 is 7.34. The van der Waals surface area contributed by atoms with E-state index in [9.17, 15) is 4.79 Å². The summed E-state index contributed by atoms with van der Waals surface area (Å²) < 4.78 is 7.09. The number of halogens is 1. The maximum Gasteiger partial charge on any atom is 0.233 e. The third-order valence-electron chi connectivity index (χ3n) is 3.91. The topological polar surface area (TPSA) is 60.2 Å². The van der Waals surface area contributed by atoms with Gasteiger partial charge in [0.15, 0.2) is 5.16 Å². The van der Waals surface area contributed by atoms with Gasteiger partial charge < -0.3 is 9.64 Å². The van der Waals surface area contributed by atoms with E-state index in [0.29, 0.717) is 16.7 Å². The van der Waals surface area contributed by atoms with Crippen LogP contribution in [0.2, 0.25) is 5.02 Å². The highest BCUT2D eigenvalue weighted by Crippen LogP contribution is 2.23. The fraction of sp³-hybridized carbons (Fsp3) is 0.211. The minimum absolute atomic E-state index is 0.000155. The number of methoxy groups -OCH3 is 1. The molecule has 0 atom stereocenters. The molecule has 2 aromatic carbocycles. The summed E-state index contributed by atoms with van der Waals surface area (Å²) in [6, 6.07) is 15.1. The summed E-state index contributed by atoms with van der Waals surface area (Å²) in [5.41, 5.74) is 1.87. The third kappa shape index (κ3) is 5.02. The van der Waals surface area contributed by atoms with Crippen molar-refractivity contribution >= 4 is 29.3 Å². The average molecular weight is 403 g/mol. The molecule has 0 aliphatic rings. The van der Waals surface area contributed by atoms with Crippen LogP contribution in [0.5, 0.6) is 5.75 Å². The third-order valence-corrected chi connectivity index (χ3v) is 5.07. The van der Waals surface area contributed by atoms with Crippen molar-refractivity contribution in [2.45, 2.75) is 11.7 Å². The Bertz CT molecular complexity index is 931. The van der Waals surface area contributed by atoms with E-state index in [0.717, 1.165) is 17.0 Å². The maximum atomic E-state index is 12.5. The molecule has 1 heterocycles. The molecule has 0 aliphatic heterocycles. The highest BCUT2D eigenvalue weighted by molar-refractivity contribution is 7.99. The minimum atomic E-state index is 0.000155. The summed E-state index contributed by atoms with van der Waals surface area (Å²) in [6.45, 7) is 0.503. The van der Waals surface area contributed by atoms with Crippen molar-refractivity contribution < 1.29 is 9.53 Å². The minimum Gasteiger partial charge on any atom is -0.497 e. The quantitative estimate of drug-likeness (QED) is 0.564. The Kier molecular flexibility index (Phi) is 6.36. The molecule has 6 nitrogen and oxygen atoms in total. The fourth-order valence-corrected chi connectivity index (χ4v) is 3.58.